The molecule has 198 valence electrons. The average Bonchev–Trinajstić information content (AvgIpc) is 2.90. The first kappa shape index (κ1) is 27.4. The Labute approximate surface area is 216 Å². The highest BCUT2D eigenvalue weighted by Crippen LogP contribution is 2.33. The van der Waals surface area contributed by atoms with Crippen LogP contribution in [0.3, 0.4) is 0 Å². The van der Waals surface area contributed by atoms with E-state index in [4.69, 9.17) is 9.47 Å². The first-order valence-electron chi connectivity index (χ1n) is 11.8. The molecule has 8 heteroatoms. The van der Waals surface area contributed by atoms with Crippen LogP contribution < -0.4 is 0 Å². The van der Waals surface area contributed by atoms with E-state index in [9.17, 15) is 26.3 Å². The Kier molecular flexibility index (Phi) is 8.54. The van der Waals surface area contributed by atoms with E-state index in [1.807, 2.05) is 48.5 Å². The topological polar surface area (TPSA) is 18.5 Å². The van der Waals surface area contributed by atoms with Crippen LogP contribution in [-0.4, -0.2) is 13.2 Å². The molecule has 0 fully saturated rings. The number of benzene rings is 4. The maximum absolute atomic E-state index is 12.9. The summed E-state index contributed by atoms with van der Waals surface area (Å²) in [5.41, 5.74) is 3.15. The van der Waals surface area contributed by atoms with Crippen LogP contribution in [0.5, 0.6) is 0 Å². The van der Waals surface area contributed by atoms with Gasteiger partial charge in [-0.25, -0.2) is 0 Å². The van der Waals surface area contributed by atoms with E-state index in [0.29, 0.717) is 11.1 Å². The summed E-state index contributed by atoms with van der Waals surface area (Å²) >= 11 is 0. The van der Waals surface area contributed by atoms with Crippen molar-refractivity contribution in [3.05, 3.63) is 119 Å². The van der Waals surface area contributed by atoms with E-state index in [-0.39, 0.29) is 26.4 Å². The minimum atomic E-state index is -4.39. The van der Waals surface area contributed by atoms with E-state index in [2.05, 4.69) is 0 Å². The van der Waals surface area contributed by atoms with Gasteiger partial charge >= 0.3 is 12.4 Å². The Balaban J connectivity index is 1.30. The number of rotatable bonds is 9. The number of hydrogen-bond donors (Lipinski definition) is 0. The molecule has 38 heavy (non-hydrogen) atoms. The molecule has 0 amide bonds. The predicted molar refractivity (Wildman–Crippen MR) is 133 cm³/mol. The van der Waals surface area contributed by atoms with E-state index >= 15 is 0 Å². The fourth-order valence-electron chi connectivity index (χ4n) is 4.02. The molecule has 0 saturated heterocycles. The molecule has 0 bridgehead atoms. The van der Waals surface area contributed by atoms with Gasteiger partial charge in [-0.3, -0.25) is 0 Å². The van der Waals surface area contributed by atoms with Crippen LogP contribution in [0.2, 0.25) is 0 Å². The minimum Gasteiger partial charge on any atom is -0.374 e. The SMILES string of the molecule is FC(F)(F)c1ccc(-c2ccccc2COCCOCc2ccccc2-c2ccc(C(F)(F)F)cc2)cc1. The minimum absolute atomic E-state index is 0.253. The Hall–Kier alpha value is -3.62. The second-order valence-corrected chi connectivity index (χ2v) is 8.57. The molecular formula is C30H24F6O2. The fraction of sp³-hybridized carbons (Fsp3) is 0.200. The molecule has 0 radical (unpaired) electrons. The molecule has 0 heterocycles. The summed E-state index contributed by atoms with van der Waals surface area (Å²) in [5, 5.41) is 0. The number of alkyl halides is 6. The van der Waals surface area contributed by atoms with Crippen molar-refractivity contribution in [1.29, 1.82) is 0 Å². The highest BCUT2D eigenvalue weighted by atomic mass is 19.4. The van der Waals surface area contributed by atoms with E-state index in [1.54, 1.807) is 0 Å². The lowest BCUT2D eigenvalue weighted by Gasteiger charge is -2.13. The first-order chi connectivity index (χ1) is 18.1. The highest BCUT2D eigenvalue weighted by molar-refractivity contribution is 5.68. The zero-order valence-corrected chi connectivity index (χ0v) is 20.2. The molecule has 0 aromatic heterocycles. The van der Waals surface area contributed by atoms with Gasteiger partial charge in [0.25, 0.3) is 0 Å². The molecular weight excluding hydrogens is 506 g/mol. The van der Waals surface area contributed by atoms with Gasteiger partial charge in [0.15, 0.2) is 0 Å². The van der Waals surface area contributed by atoms with Gasteiger partial charge in [-0.2, -0.15) is 26.3 Å². The second-order valence-electron chi connectivity index (χ2n) is 8.57. The lowest BCUT2D eigenvalue weighted by molar-refractivity contribution is -0.138. The maximum atomic E-state index is 12.9. The number of halogens is 6. The van der Waals surface area contributed by atoms with Gasteiger partial charge in [0.1, 0.15) is 0 Å². The zero-order chi connectivity index (χ0) is 27.2. The van der Waals surface area contributed by atoms with Crippen LogP contribution in [0.15, 0.2) is 97.1 Å². The standard InChI is InChI=1S/C30H24F6O2/c31-29(32,33)25-13-9-21(10-14-25)27-7-3-1-5-23(27)19-37-17-18-38-20-24-6-2-4-8-28(24)22-11-15-26(16-12-22)30(34,35)36/h1-16H,17-20H2. The summed E-state index contributed by atoms with van der Waals surface area (Å²) < 4.78 is 88.7. The summed E-state index contributed by atoms with van der Waals surface area (Å²) in [7, 11) is 0. The fourth-order valence-corrected chi connectivity index (χ4v) is 4.02. The van der Waals surface area contributed by atoms with Crippen molar-refractivity contribution in [2.45, 2.75) is 25.6 Å². The molecule has 0 aliphatic carbocycles. The monoisotopic (exact) mass is 530 g/mol. The average molecular weight is 531 g/mol. The van der Waals surface area contributed by atoms with E-state index < -0.39 is 23.5 Å². The van der Waals surface area contributed by atoms with Crippen LogP contribution in [0.25, 0.3) is 22.3 Å². The molecule has 4 aromatic rings. The highest BCUT2D eigenvalue weighted by Gasteiger charge is 2.30. The van der Waals surface area contributed by atoms with Gasteiger partial charge in [-0.15, -0.1) is 0 Å². The van der Waals surface area contributed by atoms with Gasteiger partial charge < -0.3 is 9.47 Å². The van der Waals surface area contributed by atoms with Crippen molar-refractivity contribution in [1.82, 2.24) is 0 Å². The molecule has 2 nitrogen and oxygen atoms in total. The van der Waals surface area contributed by atoms with Crippen molar-refractivity contribution in [3.63, 3.8) is 0 Å². The quantitative estimate of drug-likeness (QED) is 0.159. The molecule has 0 atom stereocenters. The summed E-state index contributed by atoms with van der Waals surface area (Å²) in [4.78, 5) is 0. The first-order valence-corrected chi connectivity index (χ1v) is 11.8. The molecule has 0 aliphatic heterocycles. The molecule has 0 aliphatic rings. The Bertz CT molecular complexity index is 1220. The largest absolute Gasteiger partial charge is 0.416 e. The summed E-state index contributed by atoms with van der Waals surface area (Å²) in [6.07, 6.45) is -8.78. The van der Waals surface area contributed by atoms with E-state index in [0.717, 1.165) is 46.5 Å². The molecule has 0 N–H and O–H groups in total. The van der Waals surface area contributed by atoms with Crippen molar-refractivity contribution in [3.8, 4) is 22.3 Å². The molecule has 0 unspecified atom stereocenters. The van der Waals surface area contributed by atoms with Gasteiger partial charge in [-0.05, 0) is 57.6 Å². The van der Waals surface area contributed by atoms with Crippen LogP contribution in [0, 0.1) is 0 Å². The second kappa shape index (κ2) is 11.8. The molecule has 0 saturated carbocycles. The van der Waals surface area contributed by atoms with Crippen LogP contribution in [0.1, 0.15) is 22.3 Å². The normalized spacial score (nSPS) is 12.1. The van der Waals surface area contributed by atoms with Gasteiger partial charge in [0.2, 0.25) is 0 Å². The smallest absolute Gasteiger partial charge is 0.374 e. The van der Waals surface area contributed by atoms with Crippen LogP contribution >= 0.6 is 0 Å². The van der Waals surface area contributed by atoms with Gasteiger partial charge in [0.05, 0.1) is 37.6 Å². The predicted octanol–water partition coefficient (Wildman–Crippen LogP) is 8.79. The van der Waals surface area contributed by atoms with Gasteiger partial charge in [-0.1, -0.05) is 72.8 Å². The Morgan fingerprint density at radius 3 is 1.13 bits per heavy atom. The van der Waals surface area contributed by atoms with Crippen molar-refractivity contribution < 1.29 is 35.8 Å². The van der Waals surface area contributed by atoms with Crippen molar-refractivity contribution in [2.24, 2.45) is 0 Å². The van der Waals surface area contributed by atoms with Crippen molar-refractivity contribution in [2.75, 3.05) is 13.2 Å². The maximum Gasteiger partial charge on any atom is 0.416 e. The zero-order valence-electron chi connectivity index (χ0n) is 20.2. The Morgan fingerprint density at radius 2 is 0.789 bits per heavy atom. The third-order valence-electron chi connectivity index (χ3n) is 5.97. The lowest BCUT2D eigenvalue weighted by Crippen LogP contribution is -2.06. The van der Waals surface area contributed by atoms with E-state index in [1.165, 1.54) is 24.3 Å². The summed E-state index contributed by atoms with van der Waals surface area (Å²) in [5.74, 6) is 0. The third kappa shape index (κ3) is 7.02. The van der Waals surface area contributed by atoms with Crippen LogP contribution in [-0.2, 0) is 35.0 Å². The van der Waals surface area contributed by atoms with Crippen LogP contribution in [0.4, 0.5) is 26.3 Å². The third-order valence-corrected chi connectivity index (χ3v) is 5.97. The van der Waals surface area contributed by atoms with Gasteiger partial charge in [0, 0.05) is 0 Å². The lowest BCUT2D eigenvalue weighted by atomic mass is 9.99. The Morgan fingerprint density at radius 1 is 0.447 bits per heavy atom. The molecule has 4 rings (SSSR count). The summed E-state index contributed by atoms with van der Waals surface area (Å²) in [6.45, 7) is 1.07. The molecule has 4 aromatic carbocycles. The number of ether oxygens (including phenoxy) is 2. The van der Waals surface area contributed by atoms with Crippen molar-refractivity contribution >= 4 is 0 Å². The summed E-state index contributed by atoms with van der Waals surface area (Å²) in [6, 6.07) is 24.7. The number of hydrogen-bond acceptors (Lipinski definition) is 2. The molecule has 0 spiro atoms.